The molecule has 1 aliphatic carbocycles. The van der Waals surface area contributed by atoms with Gasteiger partial charge in [-0.2, -0.15) is 0 Å². The zero-order chi connectivity index (χ0) is 11.1. The van der Waals surface area contributed by atoms with E-state index < -0.39 is 0 Å². The Hall–Kier alpha value is -0.830. The Morgan fingerprint density at radius 1 is 1.47 bits per heavy atom. The first kappa shape index (κ1) is 12.2. The molecule has 86 valence electrons. The maximum absolute atomic E-state index is 11.5. The van der Waals surface area contributed by atoms with Crippen LogP contribution in [0.4, 0.5) is 0 Å². The van der Waals surface area contributed by atoms with Crippen LogP contribution in [0.15, 0.2) is 12.7 Å². The second-order valence-corrected chi connectivity index (χ2v) is 4.36. The Bertz CT molecular complexity index is 216. The van der Waals surface area contributed by atoms with Gasteiger partial charge in [-0.3, -0.25) is 4.79 Å². The Kier molecular flexibility index (Phi) is 5.40. The first-order valence-electron chi connectivity index (χ1n) is 5.85. The summed E-state index contributed by atoms with van der Waals surface area (Å²) >= 11 is 0. The van der Waals surface area contributed by atoms with Crippen LogP contribution in [0.3, 0.4) is 0 Å². The first-order chi connectivity index (χ1) is 7.24. The Labute approximate surface area is 92.3 Å². The predicted molar refractivity (Wildman–Crippen MR) is 62.6 cm³/mol. The summed E-state index contributed by atoms with van der Waals surface area (Å²) in [6, 6.07) is 0.386. The van der Waals surface area contributed by atoms with E-state index >= 15 is 0 Å². The Balaban J connectivity index is 2.20. The fourth-order valence-corrected chi connectivity index (χ4v) is 2.08. The lowest BCUT2D eigenvalue weighted by atomic mass is 9.86. The van der Waals surface area contributed by atoms with Gasteiger partial charge in [-0.15, -0.1) is 6.58 Å². The Morgan fingerprint density at radius 3 is 2.87 bits per heavy atom. The van der Waals surface area contributed by atoms with Crippen LogP contribution in [0, 0.1) is 5.92 Å². The molecule has 1 aliphatic rings. The minimum absolute atomic E-state index is 0.107. The van der Waals surface area contributed by atoms with E-state index in [1.807, 2.05) is 0 Å². The highest BCUT2D eigenvalue weighted by Crippen LogP contribution is 2.23. The van der Waals surface area contributed by atoms with E-state index in [0.29, 0.717) is 25.0 Å². The predicted octanol–water partition coefficient (Wildman–Crippen LogP) is 1.46. The van der Waals surface area contributed by atoms with Crippen molar-refractivity contribution in [2.24, 2.45) is 5.92 Å². The van der Waals surface area contributed by atoms with E-state index in [4.69, 9.17) is 0 Å². The van der Waals surface area contributed by atoms with E-state index in [0.717, 1.165) is 6.42 Å². The number of hydrogen-bond acceptors (Lipinski definition) is 2. The molecule has 2 unspecified atom stereocenters. The van der Waals surface area contributed by atoms with Crippen LogP contribution in [-0.2, 0) is 4.79 Å². The average molecular weight is 210 g/mol. The third kappa shape index (κ3) is 4.47. The molecule has 1 amide bonds. The van der Waals surface area contributed by atoms with Gasteiger partial charge in [0.1, 0.15) is 0 Å². The monoisotopic (exact) mass is 210 g/mol. The molecule has 3 heteroatoms. The van der Waals surface area contributed by atoms with Gasteiger partial charge in [-0.1, -0.05) is 25.8 Å². The lowest BCUT2D eigenvalue weighted by Gasteiger charge is -2.29. The van der Waals surface area contributed by atoms with Crippen molar-refractivity contribution in [1.29, 1.82) is 0 Å². The summed E-state index contributed by atoms with van der Waals surface area (Å²) in [7, 11) is 0. The fraction of sp³-hybridized carbons (Fsp3) is 0.750. The number of carbonyl (C=O) groups is 1. The quantitative estimate of drug-likeness (QED) is 0.533. The molecule has 1 saturated carbocycles. The topological polar surface area (TPSA) is 41.1 Å². The number of nitrogens with one attached hydrogen (secondary N) is 2. The third-order valence-corrected chi connectivity index (χ3v) is 3.03. The molecule has 0 aromatic heterocycles. The van der Waals surface area contributed by atoms with Gasteiger partial charge in [0.15, 0.2) is 0 Å². The lowest BCUT2D eigenvalue weighted by molar-refractivity contribution is -0.121. The summed E-state index contributed by atoms with van der Waals surface area (Å²) < 4.78 is 0. The summed E-state index contributed by atoms with van der Waals surface area (Å²) in [6.07, 6.45) is 6.69. The maximum Gasteiger partial charge on any atom is 0.234 e. The van der Waals surface area contributed by atoms with Crippen molar-refractivity contribution in [2.75, 3.05) is 13.1 Å². The van der Waals surface area contributed by atoms with E-state index in [1.54, 1.807) is 6.08 Å². The van der Waals surface area contributed by atoms with E-state index in [2.05, 4.69) is 24.1 Å². The van der Waals surface area contributed by atoms with Crippen molar-refractivity contribution < 1.29 is 4.79 Å². The second-order valence-electron chi connectivity index (χ2n) is 4.36. The van der Waals surface area contributed by atoms with E-state index in [1.165, 1.54) is 19.3 Å². The zero-order valence-corrected chi connectivity index (χ0v) is 9.59. The number of carbonyl (C=O) groups excluding carboxylic acids is 1. The summed E-state index contributed by atoms with van der Waals surface area (Å²) in [5.41, 5.74) is 0. The summed E-state index contributed by atoms with van der Waals surface area (Å²) in [5.74, 6) is 0.734. The van der Waals surface area contributed by atoms with Gasteiger partial charge < -0.3 is 10.6 Å². The average Bonchev–Trinajstić information content (AvgIpc) is 2.22. The molecule has 0 aromatic rings. The van der Waals surface area contributed by atoms with Gasteiger partial charge in [-0.25, -0.2) is 0 Å². The highest BCUT2D eigenvalue weighted by atomic mass is 16.1. The highest BCUT2D eigenvalue weighted by Gasteiger charge is 2.22. The number of rotatable bonds is 5. The van der Waals surface area contributed by atoms with Crippen molar-refractivity contribution in [3.8, 4) is 0 Å². The molecule has 0 aliphatic heterocycles. The summed E-state index contributed by atoms with van der Waals surface area (Å²) in [4.78, 5) is 11.5. The van der Waals surface area contributed by atoms with Crippen LogP contribution in [0.25, 0.3) is 0 Å². The van der Waals surface area contributed by atoms with Crippen molar-refractivity contribution >= 4 is 5.91 Å². The molecular weight excluding hydrogens is 188 g/mol. The molecule has 0 radical (unpaired) electrons. The van der Waals surface area contributed by atoms with Crippen molar-refractivity contribution in [3.63, 3.8) is 0 Å². The van der Waals surface area contributed by atoms with Crippen LogP contribution in [0.1, 0.15) is 32.6 Å². The second kappa shape index (κ2) is 6.62. The molecule has 15 heavy (non-hydrogen) atoms. The van der Waals surface area contributed by atoms with Gasteiger partial charge in [0.2, 0.25) is 5.91 Å². The minimum Gasteiger partial charge on any atom is -0.352 e. The lowest BCUT2D eigenvalue weighted by Crippen LogP contribution is -2.44. The first-order valence-corrected chi connectivity index (χ1v) is 5.85. The summed E-state index contributed by atoms with van der Waals surface area (Å²) in [5, 5.41) is 6.10. The van der Waals surface area contributed by atoms with Crippen molar-refractivity contribution in [3.05, 3.63) is 12.7 Å². The molecule has 0 bridgehead atoms. The molecule has 1 rings (SSSR count). The van der Waals surface area contributed by atoms with Gasteiger partial charge in [0.25, 0.3) is 0 Å². The molecule has 3 nitrogen and oxygen atoms in total. The summed E-state index contributed by atoms with van der Waals surface area (Å²) in [6.45, 7) is 6.90. The molecule has 1 fully saturated rings. The molecule has 0 saturated heterocycles. The minimum atomic E-state index is 0.107. The van der Waals surface area contributed by atoms with E-state index in [-0.39, 0.29) is 5.91 Å². The Morgan fingerprint density at radius 2 is 2.20 bits per heavy atom. The zero-order valence-electron chi connectivity index (χ0n) is 9.59. The molecule has 2 N–H and O–H groups in total. The van der Waals surface area contributed by atoms with Crippen molar-refractivity contribution in [2.45, 2.75) is 38.6 Å². The van der Waals surface area contributed by atoms with Gasteiger partial charge in [-0.05, 0) is 18.8 Å². The fourth-order valence-electron chi connectivity index (χ4n) is 2.08. The van der Waals surface area contributed by atoms with Crippen LogP contribution in [0.2, 0.25) is 0 Å². The van der Waals surface area contributed by atoms with Crippen LogP contribution in [0.5, 0.6) is 0 Å². The molecule has 0 spiro atoms. The van der Waals surface area contributed by atoms with Crippen LogP contribution >= 0.6 is 0 Å². The maximum atomic E-state index is 11.5. The normalized spacial score (nSPS) is 25.9. The van der Waals surface area contributed by atoms with Gasteiger partial charge in [0.05, 0.1) is 6.54 Å². The highest BCUT2D eigenvalue weighted by molar-refractivity contribution is 5.78. The standard InChI is InChI=1S/C12H22N2O/c1-3-8-13-9-12(15)14-11-7-5-4-6-10(11)2/h3,10-11,13H,1,4-9H2,2H3,(H,14,15). The van der Waals surface area contributed by atoms with Crippen LogP contribution in [-0.4, -0.2) is 25.0 Å². The molecule has 0 aromatic carbocycles. The molecule has 2 atom stereocenters. The third-order valence-electron chi connectivity index (χ3n) is 3.03. The molecule has 0 heterocycles. The van der Waals surface area contributed by atoms with Crippen molar-refractivity contribution in [1.82, 2.24) is 10.6 Å². The largest absolute Gasteiger partial charge is 0.352 e. The smallest absolute Gasteiger partial charge is 0.234 e. The molecular formula is C12H22N2O. The number of amides is 1. The van der Waals surface area contributed by atoms with Gasteiger partial charge >= 0.3 is 0 Å². The van der Waals surface area contributed by atoms with Crippen LogP contribution < -0.4 is 10.6 Å². The van der Waals surface area contributed by atoms with E-state index in [9.17, 15) is 4.79 Å². The van der Waals surface area contributed by atoms with Gasteiger partial charge in [0, 0.05) is 12.6 Å². The number of hydrogen-bond donors (Lipinski definition) is 2. The SMILES string of the molecule is C=CCNCC(=O)NC1CCCCC1C.